The van der Waals surface area contributed by atoms with Gasteiger partial charge in [-0.1, -0.05) is 12.1 Å². The number of nitrogens with zero attached hydrogens (tertiary/aromatic N) is 3. The lowest BCUT2D eigenvalue weighted by Crippen LogP contribution is -2.49. The molecule has 0 saturated carbocycles. The Morgan fingerprint density at radius 3 is 2.65 bits per heavy atom. The Bertz CT molecular complexity index is 972. The molecular formula is C19H20N4O3. The number of piperazine rings is 1. The molecule has 1 amide bonds. The number of aromatic nitrogens is 2. The first-order valence-corrected chi connectivity index (χ1v) is 8.69. The summed E-state index contributed by atoms with van der Waals surface area (Å²) in [4.78, 5) is 36.2. The van der Waals surface area contributed by atoms with E-state index < -0.39 is 0 Å². The van der Waals surface area contributed by atoms with Crippen LogP contribution < -0.4 is 5.56 Å². The third-order valence-electron chi connectivity index (χ3n) is 4.91. The van der Waals surface area contributed by atoms with Crippen LogP contribution >= 0.6 is 0 Å². The second kappa shape index (κ2) is 6.76. The highest BCUT2D eigenvalue weighted by molar-refractivity contribution is 5.91. The van der Waals surface area contributed by atoms with E-state index in [2.05, 4.69) is 14.9 Å². The van der Waals surface area contributed by atoms with Gasteiger partial charge in [-0.2, -0.15) is 0 Å². The highest BCUT2D eigenvalue weighted by atomic mass is 16.3. The molecule has 134 valence electrons. The van der Waals surface area contributed by atoms with E-state index in [1.807, 2.05) is 25.1 Å². The number of carbonyl (C=O) groups is 1. The van der Waals surface area contributed by atoms with E-state index in [0.717, 1.165) is 0 Å². The van der Waals surface area contributed by atoms with E-state index in [1.54, 1.807) is 23.1 Å². The predicted octanol–water partition coefficient (Wildman–Crippen LogP) is 2.04. The van der Waals surface area contributed by atoms with Crippen molar-refractivity contribution in [3.05, 3.63) is 64.6 Å². The van der Waals surface area contributed by atoms with Gasteiger partial charge in [0.05, 0.1) is 23.2 Å². The van der Waals surface area contributed by atoms with Gasteiger partial charge in [0.2, 0.25) is 0 Å². The zero-order valence-corrected chi connectivity index (χ0v) is 14.5. The molecule has 3 aromatic rings. The molecule has 3 heterocycles. The summed E-state index contributed by atoms with van der Waals surface area (Å²) in [5, 5.41) is 0.595. The topological polar surface area (TPSA) is 82.4 Å². The number of hydrogen-bond donors (Lipinski definition) is 1. The third kappa shape index (κ3) is 3.01. The first kappa shape index (κ1) is 16.5. The Labute approximate surface area is 150 Å². The number of carbonyl (C=O) groups excluding carboxylic acids is 1. The number of benzene rings is 1. The van der Waals surface area contributed by atoms with Gasteiger partial charge in [-0.15, -0.1) is 0 Å². The van der Waals surface area contributed by atoms with Crippen molar-refractivity contribution in [1.29, 1.82) is 0 Å². The summed E-state index contributed by atoms with van der Waals surface area (Å²) in [5.41, 5.74) is 0.578. The molecule has 0 aliphatic carbocycles. The van der Waals surface area contributed by atoms with Crippen molar-refractivity contribution in [3.63, 3.8) is 0 Å². The van der Waals surface area contributed by atoms with E-state index in [-0.39, 0.29) is 17.5 Å². The van der Waals surface area contributed by atoms with E-state index in [4.69, 9.17) is 4.42 Å². The maximum Gasteiger partial charge on any atom is 0.289 e. The van der Waals surface area contributed by atoms with Crippen molar-refractivity contribution in [2.24, 2.45) is 0 Å². The highest BCUT2D eigenvalue weighted by Crippen LogP contribution is 2.20. The molecule has 0 unspecified atom stereocenters. The molecule has 1 saturated heterocycles. The average Bonchev–Trinajstić information content (AvgIpc) is 3.22. The van der Waals surface area contributed by atoms with Crippen LogP contribution in [0.5, 0.6) is 0 Å². The zero-order valence-electron chi connectivity index (χ0n) is 14.5. The minimum Gasteiger partial charge on any atom is -0.459 e. The lowest BCUT2D eigenvalue weighted by molar-refractivity contribution is 0.0547. The van der Waals surface area contributed by atoms with E-state index in [0.29, 0.717) is 48.7 Å². The number of aromatic amines is 1. The first-order chi connectivity index (χ1) is 12.6. The minimum atomic E-state index is -0.121. The van der Waals surface area contributed by atoms with Crippen LogP contribution in [0.1, 0.15) is 29.3 Å². The molecule has 26 heavy (non-hydrogen) atoms. The molecule has 1 aromatic carbocycles. The van der Waals surface area contributed by atoms with Crippen LogP contribution in [-0.4, -0.2) is 51.9 Å². The van der Waals surface area contributed by atoms with Crippen molar-refractivity contribution < 1.29 is 9.21 Å². The van der Waals surface area contributed by atoms with Gasteiger partial charge in [-0.25, -0.2) is 4.98 Å². The molecule has 7 heteroatoms. The summed E-state index contributed by atoms with van der Waals surface area (Å²) in [5.74, 6) is 0.936. The number of nitrogens with one attached hydrogen (secondary N) is 1. The molecule has 4 rings (SSSR count). The number of amides is 1. The fraction of sp³-hybridized carbons (Fsp3) is 0.316. The Balaban J connectivity index is 1.48. The SMILES string of the molecule is C[C@@H](c1nc2ccccc2c(=O)[nH]1)N1CCN(C(=O)c2ccco2)CC1. The fourth-order valence-electron chi connectivity index (χ4n) is 3.34. The molecule has 1 aliphatic rings. The maximum atomic E-state index is 12.4. The van der Waals surface area contributed by atoms with E-state index in [9.17, 15) is 9.59 Å². The monoisotopic (exact) mass is 352 g/mol. The van der Waals surface area contributed by atoms with Crippen molar-refractivity contribution in [2.75, 3.05) is 26.2 Å². The average molecular weight is 352 g/mol. The van der Waals surface area contributed by atoms with Crippen LogP contribution in [0.15, 0.2) is 51.9 Å². The van der Waals surface area contributed by atoms with Crippen LogP contribution in [0, 0.1) is 0 Å². The lowest BCUT2D eigenvalue weighted by Gasteiger charge is -2.37. The van der Waals surface area contributed by atoms with Gasteiger partial charge >= 0.3 is 0 Å². The van der Waals surface area contributed by atoms with Gasteiger partial charge in [0, 0.05) is 26.2 Å². The molecule has 0 bridgehead atoms. The van der Waals surface area contributed by atoms with Gasteiger partial charge < -0.3 is 14.3 Å². The van der Waals surface area contributed by atoms with E-state index >= 15 is 0 Å². The quantitative estimate of drug-likeness (QED) is 0.780. The molecular weight excluding hydrogens is 332 g/mol. The molecule has 2 aromatic heterocycles. The Morgan fingerprint density at radius 1 is 1.15 bits per heavy atom. The van der Waals surface area contributed by atoms with Crippen molar-refractivity contribution in [1.82, 2.24) is 19.8 Å². The fourth-order valence-corrected chi connectivity index (χ4v) is 3.34. The molecule has 7 nitrogen and oxygen atoms in total. The number of hydrogen-bond acceptors (Lipinski definition) is 5. The van der Waals surface area contributed by atoms with Crippen molar-refractivity contribution >= 4 is 16.8 Å². The molecule has 0 spiro atoms. The molecule has 1 fully saturated rings. The number of rotatable bonds is 3. The van der Waals surface area contributed by atoms with Gasteiger partial charge in [0.25, 0.3) is 11.5 Å². The first-order valence-electron chi connectivity index (χ1n) is 8.69. The standard InChI is InChI=1S/C19H20N4O3/c1-13(17-20-15-6-3-2-5-14(15)18(24)21-17)22-8-10-23(11-9-22)19(25)16-7-4-12-26-16/h2-7,12-13H,8-11H2,1H3,(H,20,21,24)/t13-/m0/s1. The summed E-state index contributed by atoms with van der Waals surface area (Å²) in [6.07, 6.45) is 1.51. The van der Waals surface area contributed by atoms with Crippen LogP contribution in [0.25, 0.3) is 10.9 Å². The Hall–Kier alpha value is -2.93. The Kier molecular flexibility index (Phi) is 4.30. The molecule has 0 radical (unpaired) electrons. The van der Waals surface area contributed by atoms with Crippen molar-refractivity contribution in [2.45, 2.75) is 13.0 Å². The maximum absolute atomic E-state index is 12.4. The second-order valence-corrected chi connectivity index (χ2v) is 6.45. The van der Waals surface area contributed by atoms with Gasteiger partial charge in [-0.05, 0) is 31.2 Å². The third-order valence-corrected chi connectivity index (χ3v) is 4.91. The van der Waals surface area contributed by atoms with Crippen LogP contribution in [0.4, 0.5) is 0 Å². The van der Waals surface area contributed by atoms with Crippen LogP contribution in [0.3, 0.4) is 0 Å². The van der Waals surface area contributed by atoms with E-state index in [1.165, 1.54) is 6.26 Å². The Morgan fingerprint density at radius 2 is 1.92 bits per heavy atom. The van der Waals surface area contributed by atoms with Crippen LogP contribution in [0.2, 0.25) is 0 Å². The minimum absolute atomic E-state index is 0.0341. The van der Waals surface area contributed by atoms with Gasteiger partial charge in [0.15, 0.2) is 5.76 Å². The number of furan rings is 1. The molecule has 1 N–H and O–H groups in total. The normalized spacial score (nSPS) is 16.7. The lowest BCUT2D eigenvalue weighted by atomic mass is 10.2. The summed E-state index contributed by atoms with van der Waals surface area (Å²) in [6, 6.07) is 10.7. The summed E-state index contributed by atoms with van der Waals surface area (Å²) < 4.78 is 5.19. The number of fused-ring (bicyclic) bond motifs is 1. The highest BCUT2D eigenvalue weighted by Gasteiger charge is 2.27. The largest absolute Gasteiger partial charge is 0.459 e. The molecule has 1 atom stereocenters. The van der Waals surface area contributed by atoms with Gasteiger partial charge in [0.1, 0.15) is 5.82 Å². The van der Waals surface area contributed by atoms with Crippen molar-refractivity contribution in [3.8, 4) is 0 Å². The second-order valence-electron chi connectivity index (χ2n) is 6.45. The smallest absolute Gasteiger partial charge is 0.289 e. The number of H-pyrrole nitrogens is 1. The summed E-state index contributed by atoms with van der Waals surface area (Å²) >= 11 is 0. The summed E-state index contributed by atoms with van der Waals surface area (Å²) in [7, 11) is 0. The van der Waals surface area contributed by atoms with Crippen LogP contribution in [-0.2, 0) is 0 Å². The predicted molar refractivity (Wildman–Crippen MR) is 97.0 cm³/mol. The number of para-hydroxylation sites is 1. The molecule has 1 aliphatic heterocycles. The zero-order chi connectivity index (χ0) is 18.1. The summed E-state index contributed by atoms with van der Waals surface area (Å²) in [6.45, 7) is 4.68. The van der Waals surface area contributed by atoms with Gasteiger partial charge in [-0.3, -0.25) is 14.5 Å².